The predicted molar refractivity (Wildman–Crippen MR) is 102 cm³/mol. The Bertz CT molecular complexity index is 588. The molecule has 5 nitrogen and oxygen atoms in total. The molecule has 1 unspecified atom stereocenters. The number of nitrogens with zero attached hydrogens (tertiary/aromatic N) is 2. The monoisotopic (exact) mass is 370 g/mol. The van der Waals surface area contributed by atoms with Crippen molar-refractivity contribution in [3.8, 4) is 0 Å². The Morgan fingerprint density at radius 2 is 2.12 bits per heavy atom. The molecule has 0 saturated heterocycles. The van der Waals surface area contributed by atoms with Crippen LogP contribution in [0.4, 0.5) is 4.79 Å². The van der Waals surface area contributed by atoms with E-state index in [2.05, 4.69) is 31.7 Å². The Balaban J connectivity index is 2.57. The minimum absolute atomic E-state index is 0.253. The molecule has 0 aliphatic rings. The minimum Gasteiger partial charge on any atom is -0.465 e. The number of oxime groups is 1. The lowest BCUT2D eigenvalue weighted by molar-refractivity contribution is 0.144. The van der Waals surface area contributed by atoms with E-state index >= 15 is 0 Å². The van der Waals surface area contributed by atoms with E-state index in [1.54, 1.807) is 12.3 Å². The van der Waals surface area contributed by atoms with Gasteiger partial charge in [0, 0.05) is 24.7 Å². The quantitative estimate of drug-likeness (QED) is 0.409. The number of hydrogen-bond acceptors (Lipinski definition) is 3. The summed E-state index contributed by atoms with van der Waals surface area (Å²) < 4.78 is 0. The standard InChI is InChI=1S/C17H27ClN2O3Si/c1-13(24(3,4)5)12-23-19-9-8-14-6-7-16(18)15(10-14)11-20(2)17(21)22/h6-7,9-10,13H,8,11-12H2,1-5H3,(H,21,22). The molecule has 0 bridgehead atoms. The molecule has 0 aliphatic carbocycles. The van der Waals surface area contributed by atoms with Gasteiger partial charge in [0.05, 0.1) is 14.6 Å². The zero-order chi connectivity index (χ0) is 18.3. The second-order valence-electron chi connectivity index (χ2n) is 7.12. The summed E-state index contributed by atoms with van der Waals surface area (Å²) in [7, 11) is 0.325. The Kier molecular flexibility index (Phi) is 7.76. The van der Waals surface area contributed by atoms with E-state index in [1.165, 1.54) is 11.9 Å². The molecule has 0 heterocycles. The molecule has 0 aliphatic heterocycles. The Morgan fingerprint density at radius 1 is 1.46 bits per heavy atom. The molecule has 0 fully saturated rings. The third-order valence-corrected chi connectivity index (χ3v) is 7.62. The molecular formula is C17H27ClN2O3Si. The van der Waals surface area contributed by atoms with Crippen LogP contribution in [0.2, 0.25) is 30.2 Å². The second-order valence-corrected chi connectivity index (χ2v) is 13.2. The molecule has 1 amide bonds. The van der Waals surface area contributed by atoms with E-state index < -0.39 is 14.2 Å². The molecule has 0 spiro atoms. The van der Waals surface area contributed by atoms with Gasteiger partial charge in [-0.15, -0.1) is 0 Å². The largest absolute Gasteiger partial charge is 0.465 e. The maximum absolute atomic E-state index is 10.9. The van der Waals surface area contributed by atoms with Crippen molar-refractivity contribution in [2.45, 2.75) is 45.1 Å². The highest BCUT2D eigenvalue weighted by molar-refractivity contribution is 6.77. The highest BCUT2D eigenvalue weighted by Crippen LogP contribution is 2.21. The zero-order valence-electron chi connectivity index (χ0n) is 15.0. The van der Waals surface area contributed by atoms with Gasteiger partial charge in [-0.3, -0.25) is 0 Å². The van der Waals surface area contributed by atoms with E-state index in [1.807, 2.05) is 12.1 Å². The highest BCUT2D eigenvalue weighted by Gasteiger charge is 2.22. The lowest BCUT2D eigenvalue weighted by Crippen LogP contribution is -2.28. The van der Waals surface area contributed by atoms with Crippen LogP contribution in [0.5, 0.6) is 0 Å². The van der Waals surface area contributed by atoms with E-state index in [0.29, 0.717) is 23.6 Å². The molecule has 1 aromatic carbocycles. The van der Waals surface area contributed by atoms with E-state index in [0.717, 1.165) is 11.1 Å². The van der Waals surface area contributed by atoms with Crippen LogP contribution in [0.3, 0.4) is 0 Å². The van der Waals surface area contributed by atoms with Crippen LogP contribution in [0.25, 0.3) is 0 Å². The van der Waals surface area contributed by atoms with Gasteiger partial charge in [0.2, 0.25) is 0 Å². The van der Waals surface area contributed by atoms with Crippen LogP contribution in [-0.2, 0) is 17.8 Å². The van der Waals surface area contributed by atoms with Crippen molar-refractivity contribution in [2.75, 3.05) is 13.7 Å². The molecule has 1 rings (SSSR count). The Hall–Kier alpha value is -1.53. The van der Waals surface area contributed by atoms with Crippen molar-refractivity contribution < 1.29 is 14.7 Å². The highest BCUT2D eigenvalue weighted by atomic mass is 35.5. The van der Waals surface area contributed by atoms with Gasteiger partial charge in [-0.25, -0.2) is 4.79 Å². The van der Waals surface area contributed by atoms with Gasteiger partial charge in [-0.1, -0.05) is 55.5 Å². The van der Waals surface area contributed by atoms with Crippen LogP contribution in [0.15, 0.2) is 23.4 Å². The summed E-state index contributed by atoms with van der Waals surface area (Å²) in [5.74, 6) is 0. The smallest absolute Gasteiger partial charge is 0.407 e. The minimum atomic E-state index is -1.19. The molecule has 0 radical (unpaired) electrons. The molecule has 1 N–H and O–H groups in total. The van der Waals surface area contributed by atoms with Gasteiger partial charge >= 0.3 is 6.09 Å². The van der Waals surface area contributed by atoms with Crippen LogP contribution in [0.1, 0.15) is 18.1 Å². The van der Waals surface area contributed by atoms with Gasteiger partial charge in [0.1, 0.15) is 6.61 Å². The molecule has 7 heteroatoms. The summed E-state index contributed by atoms with van der Waals surface area (Å²) in [6.07, 6.45) is 1.36. The lowest BCUT2D eigenvalue weighted by Gasteiger charge is -2.23. The van der Waals surface area contributed by atoms with Crippen LogP contribution in [-0.4, -0.2) is 44.0 Å². The Labute approximate surface area is 150 Å². The van der Waals surface area contributed by atoms with Gasteiger partial charge in [0.25, 0.3) is 0 Å². The van der Waals surface area contributed by atoms with Gasteiger partial charge in [0.15, 0.2) is 0 Å². The summed E-state index contributed by atoms with van der Waals surface area (Å²) in [5, 5.41) is 13.5. The number of hydrogen-bond donors (Lipinski definition) is 1. The number of halogens is 1. The van der Waals surface area contributed by atoms with Gasteiger partial charge < -0.3 is 14.8 Å². The third kappa shape index (κ3) is 6.92. The molecule has 1 atom stereocenters. The number of carboxylic acid groups (broad SMARTS) is 1. The summed E-state index contributed by atoms with van der Waals surface area (Å²) >= 11 is 6.13. The molecular weight excluding hydrogens is 344 g/mol. The Morgan fingerprint density at radius 3 is 2.71 bits per heavy atom. The molecule has 0 aromatic heterocycles. The topological polar surface area (TPSA) is 62.1 Å². The first kappa shape index (κ1) is 20.5. The lowest BCUT2D eigenvalue weighted by atomic mass is 10.1. The number of amides is 1. The maximum atomic E-state index is 10.9. The fraction of sp³-hybridized carbons (Fsp3) is 0.529. The van der Waals surface area contributed by atoms with Crippen LogP contribution < -0.4 is 0 Å². The maximum Gasteiger partial charge on any atom is 0.407 e. The van der Waals surface area contributed by atoms with Crippen molar-refractivity contribution in [1.82, 2.24) is 4.90 Å². The van der Waals surface area contributed by atoms with Gasteiger partial charge in [-0.2, -0.15) is 0 Å². The molecule has 0 saturated carbocycles. The molecule has 24 heavy (non-hydrogen) atoms. The molecule has 1 aromatic rings. The average Bonchev–Trinajstić information content (AvgIpc) is 2.48. The van der Waals surface area contributed by atoms with Crippen molar-refractivity contribution >= 4 is 32.0 Å². The van der Waals surface area contributed by atoms with Crippen molar-refractivity contribution in [1.29, 1.82) is 0 Å². The normalized spacial score (nSPS) is 13.1. The SMILES string of the molecule is CC(CON=CCc1ccc(Cl)c(CN(C)C(=O)O)c1)[Si](C)(C)C. The first-order valence-electron chi connectivity index (χ1n) is 7.96. The number of benzene rings is 1. The summed E-state index contributed by atoms with van der Waals surface area (Å²) in [6, 6.07) is 5.59. The van der Waals surface area contributed by atoms with Gasteiger partial charge in [-0.05, 0) is 22.7 Å². The fourth-order valence-corrected chi connectivity index (χ4v) is 2.55. The first-order chi connectivity index (χ1) is 11.1. The van der Waals surface area contributed by atoms with E-state index in [9.17, 15) is 4.79 Å². The van der Waals surface area contributed by atoms with Crippen LogP contribution in [0, 0.1) is 0 Å². The zero-order valence-corrected chi connectivity index (χ0v) is 16.8. The predicted octanol–water partition coefficient (Wildman–Crippen LogP) is 4.72. The number of carbonyl (C=O) groups is 1. The van der Waals surface area contributed by atoms with E-state index in [4.69, 9.17) is 21.5 Å². The second kappa shape index (κ2) is 9.08. The fourth-order valence-electron chi connectivity index (χ4n) is 1.80. The van der Waals surface area contributed by atoms with Crippen molar-refractivity contribution in [3.05, 3.63) is 34.3 Å². The molecule has 134 valence electrons. The summed E-state index contributed by atoms with van der Waals surface area (Å²) in [4.78, 5) is 17.5. The first-order valence-corrected chi connectivity index (χ1v) is 11.9. The third-order valence-electron chi connectivity index (χ3n) is 4.12. The number of rotatable bonds is 8. The van der Waals surface area contributed by atoms with Crippen molar-refractivity contribution in [2.24, 2.45) is 5.16 Å². The summed E-state index contributed by atoms with van der Waals surface area (Å²) in [5.41, 5.74) is 2.34. The average molecular weight is 371 g/mol. The van der Waals surface area contributed by atoms with Crippen molar-refractivity contribution in [3.63, 3.8) is 0 Å². The van der Waals surface area contributed by atoms with E-state index in [-0.39, 0.29) is 6.54 Å². The van der Waals surface area contributed by atoms with Crippen LogP contribution >= 0.6 is 11.6 Å². The summed E-state index contributed by atoms with van der Waals surface area (Å²) in [6.45, 7) is 10.0.